The Hall–Kier alpha value is -2.26. The number of nitrogens with zero attached hydrogens (tertiary/aromatic N) is 7. The molecule has 2 aromatic rings. The standard InChI is InChI=1S/C21H30N8O4S2/c1-32-20-15(12-23-21(22)26-20)18-24-16-11-14(13-27-3-5-29(6-4-27)35(2,30)31)34-17(16)19(25-18)28-7-9-33-10-8-28/h12,14H,3-11,13H2,1-2H3,(H2,22,23,26). The van der Waals surface area contributed by atoms with Crippen LogP contribution in [0.5, 0.6) is 5.88 Å². The molecule has 0 spiro atoms. The number of thioether (sulfide) groups is 1. The van der Waals surface area contributed by atoms with Gasteiger partial charge in [-0.3, -0.25) is 4.90 Å². The highest BCUT2D eigenvalue weighted by Crippen LogP contribution is 2.43. The molecule has 190 valence electrons. The third-order valence-electron chi connectivity index (χ3n) is 6.40. The quantitative estimate of drug-likeness (QED) is 0.544. The van der Waals surface area contributed by atoms with Crippen molar-refractivity contribution in [3.63, 3.8) is 0 Å². The van der Waals surface area contributed by atoms with Gasteiger partial charge in [0, 0.05) is 63.7 Å². The molecular formula is C21H30N8O4S2. The zero-order valence-corrected chi connectivity index (χ0v) is 21.5. The van der Waals surface area contributed by atoms with Gasteiger partial charge in [0.2, 0.25) is 21.9 Å². The highest BCUT2D eigenvalue weighted by molar-refractivity contribution is 8.00. The van der Waals surface area contributed by atoms with Crippen LogP contribution in [0.1, 0.15) is 5.69 Å². The van der Waals surface area contributed by atoms with E-state index < -0.39 is 10.0 Å². The predicted molar refractivity (Wildman–Crippen MR) is 133 cm³/mol. The molecule has 2 aromatic heterocycles. The number of hydrogen-bond acceptors (Lipinski definition) is 12. The molecule has 35 heavy (non-hydrogen) atoms. The van der Waals surface area contributed by atoms with Crippen molar-refractivity contribution in [2.45, 2.75) is 16.6 Å². The Morgan fingerprint density at radius 3 is 2.57 bits per heavy atom. The predicted octanol–water partition coefficient (Wildman–Crippen LogP) is -0.0450. The molecule has 2 saturated heterocycles. The van der Waals surface area contributed by atoms with Crippen molar-refractivity contribution in [3.05, 3.63) is 11.9 Å². The SMILES string of the molecule is COc1nc(N)ncc1-c1nc2c(c(N3CCOCC3)n1)SC(CN1CCN(S(C)(=O)=O)CC1)C2. The molecular weight excluding hydrogens is 492 g/mol. The molecule has 0 saturated carbocycles. The first kappa shape index (κ1) is 24.4. The first-order chi connectivity index (χ1) is 16.8. The smallest absolute Gasteiger partial charge is 0.229 e. The molecule has 14 heteroatoms. The van der Waals surface area contributed by atoms with E-state index in [1.165, 1.54) is 13.4 Å². The van der Waals surface area contributed by atoms with Gasteiger partial charge in [0.25, 0.3) is 0 Å². The van der Waals surface area contributed by atoms with Gasteiger partial charge in [-0.25, -0.2) is 23.4 Å². The summed E-state index contributed by atoms with van der Waals surface area (Å²) in [7, 11) is -1.60. The van der Waals surface area contributed by atoms with Gasteiger partial charge in [-0.2, -0.15) is 9.29 Å². The van der Waals surface area contributed by atoms with Crippen LogP contribution in [0.2, 0.25) is 0 Å². The molecule has 1 unspecified atom stereocenters. The molecule has 1 atom stereocenters. The maximum absolute atomic E-state index is 11.8. The summed E-state index contributed by atoms with van der Waals surface area (Å²) >= 11 is 1.81. The molecule has 0 amide bonds. The highest BCUT2D eigenvalue weighted by Gasteiger charge is 2.33. The molecule has 0 aliphatic carbocycles. The summed E-state index contributed by atoms with van der Waals surface area (Å²) in [6.07, 6.45) is 3.68. The van der Waals surface area contributed by atoms with E-state index in [1.807, 2.05) is 11.8 Å². The van der Waals surface area contributed by atoms with Crippen molar-refractivity contribution in [1.82, 2.24) is 29.1 Å². The number of anilines is 2. The monoisotopic (exact) mass is 522 g/mol. The summed E-state index contributed by atoms with van der Waals surface area (Å²) in [5.74, 6) is 1.90. The van der Waals surface area contributed by atoms with Gasteiger partial charge in [0.1, 0.15) is 5.82 Å². The number of nitrogens with two attached hydrogens (primary N) is 1. The fraction of sp³-hybridized carbons (Fsp3) is 0.619. The van der Waals surface area contributed by atoms with E-state index in [4.69, 9.17) is 25.2 Å². The average Bonchev–Trinajstić information content (AvgIpc) is 3.26. The Bertz CT molecular complexity index is 1180. The minimum absolute atomic E-state index is 0.131. The lowest BCUT2D eigenvalue weighted by Gasteiger charge is -2.34. The van der Waals surface area contributed by atoms with Crippen LogP contribution in [-0.4, -0.2) is 115 Å². The number of methoxy groups -OCH3 is 1. The number of nitrogen functional groups attached to an aromatic ring is 1. The number of sulfonamides is 1. The minimum Gasteiger partial charge on any atom is -0.480 e. The topological polar surface area (TPSA) is 140 Å². The average molecular weight is 523 g/mol. The molecule has 3 aliphatic heterocycles. The lowest BCUT2D eigenvalue weighted by atomic mass is 10.2. The van der Waals surface area contributed by atoms with Crippen LogP contribution in [0.15, 0.2) is 11.1 Å². The zero-order chi connectivity index (χ0) is 24.6. The van der Waals surface area contributed by atoms with Crippen molar-refractivity contribution in [3.8, 4) is 17.3 Å². The van der Waals surface area contributed by atoms with Crippen molar-refractivity contribution < 1.29 is 17.9 Å². The lowest BCUT2D eigenvalue weighted by molar-refractivity contribution is 0.122. The first-order valence-corrected chi connectivity index (χ1v) is 14.3. The first-order valence-electron chi connectivity index (χ1n) is 11.6. The maximum Gasteiger partial charge on any atom is 0.229 e. The van der Waals surface area contributed by atoms with E-state index in [9.17, 15) is 8.42 Å². The number of morpholine rings is 1. The molecule has 3 aliphatic rings. The fourth-order valence-corrected chi connectivity index (χ4v) is 6.83. The highest BCUT2D eigenvalue weighted by atomic mass is 32.2. The molecule has 5 rings (SSSR count). The summed E-state index contributed by atoms with van der Waals surface area (Å²) in [4.78, 5) is 23.9. The summed E-state index contributed by atoms with van der Waals surface area (Å²) in [6, 6.07) is 0. The maximum atomic E-state index is 11.8. The number of rotatable bonds is 6. The van der Waals surface area contributed by atoms with Gasteiger partial charge in [-0.1, -0.05) is 0 Å². The Balaban J connectivity index is 1.40. The largest absolute Gasteiger partial charge is 0.480 e. The normalized spacial score (nSPS) is 21.8. The van der Waals surface area contributed by atoms with Crippen LogP contribution in [0.25, 0.3) is 11.4 Å². The van der Waals surface area contributed by atoms with E-state index in [-0.39, 0.29) is 5.95 Å². The molecule has 0 bridgehead atoms. The molecule has 0 aromatic carbocycles. The Morgan fingerprint density at radius 2 is 1.89 bits per heavy atom. The summed E-state index contributed by atoms with van der Waals surface area (Å²) in [6.45, 7) is 6.22. The molecule has 5 heterocycles. The van der Waals surface area contributed by atoms with Crippen LogP contribution < -0.4 is 15.4 Å². The summed E-state index contributed by atoms with van der Waals surface area (Å²) in [5, 5.41) is 0.309. The van der Waals surface area contributed by atoms with Crippen LogP contribution in [-0.2, 0) is 21.2 Å². The molecule has 2 fully saturated rings. The molecule has 12 nitrogen and oxygen atoms in total. The zero-order valence-electron chi connectivity index (χ0n) is 19.9. The fourth-order valence-electron chi connectivity index (χ4n) is 4.60. The molecule has 2 N–H and O–H groups in total. The molecule has 0 radical (unpaired) electrons. The van der Waals surface area contributed by atoms with E-state index in [1.54, 1.807) is 10.5 Å². The van der Waals surface area contributed by atoms with Gasteiger partial charge in [0.15, 0.2) is 5.82 Å². The second kappa shape index (κ2) is 10.0. The van der Waals surface area contributed by atoms with Gasteiger partial charge < -0.3 is 20.1 Å². The van der Waals surface area contributed by atoms with Crippen LogP contribution >= 0.6 is 11.8 Å². The van der Waals surface area contributed by atoms with Gasteiger partial charge in [-0.15, -0.1) is 11.8 Å². The van der Waals surface area contributed by atoms with E-state index >= 15 is 0 Å². The van der Waals surface area contributed by atoms with Crippen LogP contribution in [0, 0.1) is 0 Å². The number of piperazine rings is 1. The lowest BCUT2D eigenvalue weighted by Crippen LogP contribution is -2.49. The summed E-state index contributed by atoms with van der Waals surface area (Å²) < 4.78 is 36.2. The van der Waals surface area contributed by atoms with Gasteiger partial charge in [-0.05, 0) is 0 Å². The number of ether oxygens (including phenoxy) is 2. The number of fused-ring (bicyclic) bond motifs is 1. The van der Waals surface area contributed by atoms with Crippen molar-refractivity contribution in [1.29, 1.82) is 0 Å². The third kappa shape index (κ3) is 5.31. The minimum atomic E-state index is -3.14. The Labute approximate surface area is 209 Å². The van der Waals surface area contributed by atoms with Crippen molar-refractivity contribution in [2.75, 3.05) is 83.0 Å². The van der Waals surface area contributed by atoms with Crippen molar-refractivity contribution >= 4 is 33.6 Å². The number of hydrogen-bond donors (Lipinski definition) is 1. The van der Waals surface area contributed by atoms with Crippen LogP contribution in [0.3, 0.4) is 0 Å². The van der Waals surface area contributed by atoms with E-state index in [0.29, 0.717) is 48.8 Å². The van der Waals surface area contributed by atoms with Gasteiger partial charge >= 0.3 is 0 Å². The summed E-state index contributed by atoms with van der Waals surface area (Å²) in [5.41, 5.74) is 7.35. The van der Waals surface area contributed by atoms with Crippen LogP contribution in [0.4, 0.5) is 11.8 Å². The third-order valence-corrected chi connectivity index (χ3v) is 9.01. The van der Waals surface area contributed by atoms with Gasteiger partial charge in [0.05, 0.1) is 42.7 Å². The second-order valence-electron chi connectivity index (χ2n) is 8.80. The second-order valence-corrected chi connectivity index (χ2v) is 12.1. The van der Waals surface area contributed by atoms with E-state index in [2.05, 4.69) is 19.8 Å². The van der Waals surface area contributed by atoms with Crippen molar-refractivity contribution in [2.24, 2.45) is 0 Å². The Morgan fingerprint density at radius 1 is 1.14 bits per heavy atom. The van der Waals surface area contributed by atoms with E-state index in [0.717, 1.165) is 55.6 Å². The Kier molecular flexibility index (Phi) is 6.99. The number of aromatic nitrogens is 4.